The lowest BCUT2D eigenvalue weighted by Gasteiger charge is -2.39. The second-order valence-corrected chi connectivity index (χ2v) is 14.1. The van der Waals surface area contributed by atoms with E-state index >= 15 is 0 Å². The molecular weight excluding hydrogens is 634 g/mol. The molecule has 0 aromatic heterocycles. The number of amides is 4. The fraction of sp³-hybridized carbons (Fsp3) is 0.590. The van der Waals surface area contributed by atoms with E-state index in [1.54, 1.807) is 57.4 Å². The molecule has 11 nitrogen and oxygen atoms in total. The third-order valence-electron chi connectivity index (χ3n) is 9.98. The molecule has 0 spiro atoms. The highest BCUT2D eigenvalue weighted by Crippen LogP contribution is 2.29. The number of likely N-dealkylation sites (tertiary alicyclic amines) is 1. The van der Waals surface area contributed by atoms with Crippen molar-refractivity contribution in [2.75, 3.05) is 38.9 Å². The lowest BCUT2D eigenvalue weighted by molar-refractivity contribution is -0.146. The van der Waals surface area contributed by atoms with E-state index in [9.17, 15) is 19.2 Å². The fourth-order valence-corrected chi connectivity index (χ4v) is 6.98. The Labute approximate surface area is 298 Å². The number of likely N-dealkylation sites (N-methyl/N-ethyl adjacent to an activating group) is 1. The van der Waals surface area contributed by atoms with Gasteiger partial charge in [0, 0.05) is 52.0 Å². The maximum Gasteiger partial charge on any atom is 0.247 e. The van der Waals surface area contributed by atoms with Crippen LogP contribution in [0.4, 0.5) is 11.4 Å². The van der Waals surface area contributed by atoms with E-state index in [-0.39, 0.29) is 60.4 Å². The van der Waals surface area contributed by atoms with Crippen LogP contribution in [0.1, 0.15) is 72.3 Å². The summed E-state index contributed by atoms with van der Waals surface area (Å²) in [5, 5.41) is 5.87. The van der Waals surface area contributed by atoms with Gasteiger partial charge in [-0.15, -0.1) is 0 Å². The normalized spacial score (nSPS) is 18.1. The Morgan fingerprint density at radius 2 is 1.60 bits per heavy atom. The molecule has 11 heteroatoms. The van der Waals surface area contributed by atoms with Crippen LogP contribution in [0, 0.1) is 17.8 Å². The van der Waals surface area contributed by atoms with Crippen molar-refractivity contribution in [1.82, 2.24) is 15.1 Å². The highest BCUT2D eigenvalue weighted by atomic mass is 16.5. The first kappa shape index (κ1) is 40.5. The number of carbonyl (C=O) groups excluding carboxylic acids is 4. The molecule has 7 atom stereocenters. The van der Waals surface area contributed by atoms with Crippen LogP contribution < -0.4 is 16.4 Å². The van der Waals surface area contributed by atoms with Crippen LogP contribution in [-0.2, 0) is 35.1 Å². The lowest BCUT2D eigenvalue weighted by atomic mass is 9.90. The predicted molar refractivity (Wildman–Crippen MR) is 197 cm³/mol. The first-order chi connectivity index (χ1) is 23.8. The van der Waals surface area contributed by atoms with Crippen LogP contribution in [0.15, 0.2) is 54.6 Å². The van der Waals surface area contributed by atoms with E-state index in [1.807, 2.05) is 49.1 Å². The molecule has 4 unspecified atom stereocenters. The number of hydrogen-bond acceptors (Lipinski definition) is 7. The topological polar surface area (TPSA) is 143 Å². The molecule has 2 aromatic rings. The quantitative estimate of drug-likeness (QED) is 0.189. The van der Waals surface area contributed by atoms with E-state index in [0.29, 0.717) is 30.8 Å². The van der Waals surface area contributed by atoms with Crippen LogP contribution >= 0.6 is 0 Å². The van der Waals surface area contributed by atoms with Crippen molar-refractivity contribution in [2.45, 2.75) is 103 Å². The minimum atomic E-state index is -0.862. The molecule has 0 aliphatic carbocycles. The third kappa shape index (κ3) is 11.0. The number of carbonyl (C=O) groups is 4. The summed E-state index contributed by atoms with van der Waals surface area (Å²) in [6.07, 6.45) is 1.97. The van der Waals surface area contributed by atoms with Gasteiger partial charge in [-0.2, -0.15) is 0 Å². The Balaban J connectivity index is 1.77. The van der Waals surface area contributed by atoms with E-state index in [0.717, 1.165) is 18.4 Å². The molecule has 2 aromatic carbocycles. The fourth-order valence-electron chi connectivity index (χ4n) is 6.98. The molecule has 4 N–H and O–H groups in total. The minimum Gasteiger partial charge on any atom is -0.399 e. The zero-order chi connectivity index (χ0) is 37.0. The molecule has 276 valence electrons. The van der Waals surface area contributed by atoms with Crippen molar-refractivity contribution in [3.63, 3.8) is 0 Å². The molecule has 0 bridgehead atoms. The van der Waals surface area contributed by atoms with Crippen molar-refractivity contribution in [3.05, 3.63) is 60.2 Å². The van der Waals surface area contributed by atoms with Crippen LogP contribution in [0.2, 0.25) is 0 Å². The zero-order valence-electron chi connectivity index (χ0n) is 31.2. The Morgan fingerprint density at radius 3 is 2.18 bits per heavy atom. The molecule has 1 fully saturated rings. The van der Waals surface area contributed by atoms with Crippen LogP contribution in [-0.4, -0.2) is 91.6 Å². The molecule has 1 aliphatic rings. The average molecular weight is 694 g/mol. The number of nitrogens with one attached hydrogen (secondary N) is 2. The smallest absolute Gasteiger partial charge is 0.247 e. The van der Waals surface area contributed by atoms with Gasteiger partial charge in [0.05, 0.1) is 36.6 Å². The van der Waals surface area contributed by atoms with Crippen molar-refractivity contribution in [2.24, 2.45) is 17.8 Å². The van der Waals surface area contributed by atoms with Gasteiger partial charge in [-0.1, -0.05) is 71.4 Å². The maximum absolute atomic E-state index is 14.0. The highest BCUT2D eigenvalue weighted by Gasteiger charge is 2.42. The minimum absolute atomic E-state index is 0.0332. The molecular formula is C39H59N5O6. The second kappa shape index (κ2) is 19.4. The van der Waals surface area contributed by atoms with Crippen LogP contribution in [0.3, 0.4) is 0 Å². The van der Waals surface area contributed by atoms with Crippen molar-refractivity contribution in [1.29, 1.82) is 0 Å². The van der Waals surface area contributed by atoms with E-state index < -0.39 is 24.2 Å². The molecule has 1 aliphatic heterocycles. The summed E-state index contributed by atoms with van der Waals surface area (Å²) in [5.74, 6) is -1.12. The molecule has 1 heterocycles. The van der Waals surface area contributed by atoms with Crippen LogP contribution in [0.5, 0.6) is 0 Å². The number of rotatable bonds is 18. The van der Waals surface area contributed by atoms with Gasteiger partial charge in [0.2, 0.25) is 23.6 Å². The number of methoxy groups -OCH3 is 2. The number of nitrogens with two attached hydrogens (primary N) is 1. The van der Waals surface area contributed by atoms with Gasteiger partial charge < -0.3 is 35.6 Å². The molecule has 4 amide bonds. The van der Waals surface area contributed by atoms with E-state index in [1.165, 1.54) is 0 Å². The van der Waals surface area contributed by atoms with E-state index in [4.69, 9.17) is 15.2 Å². The predicted octanol–water partition coefficient (Wildman–Crippen LogP) is 4.90. The summed E-state index contributed by atoms with van der Waals surface area (Å²) in [4.78, 5) is 58.1. The van der Waals surface area contributed by atoms with E-state index in [2.05, 4.69) is 24.5 Å². The molecule has 3 rings (SSSR count). The standard InChI is InChI=1S/C39H59N5O6/c1-9-26(4)36(43(6)34(45)22-25(2)3)33(49-7)24-35(46)44-21-13-16-32(44)37(50-8)27(5)38(47)42-31(23-28-14-11-10-12-15-28)39(48)41-30-19-17-29(40)18-20-30/h10-12,14-15,17-20,25-27,31-33,36-37H,9,13,16,21-24,40H2,1-8H3,(H,41,48)(H,42,47)/t26-,27?,31-,32?,33?,36-,37?/m0/s1. The first-order valence-corrected chi connectivity index (χ1v) is 17.9. The Hall–Kier alpha value is -3.96. The molecule has 1 saturated heterocycles. The van der Waals surface area contributed by atoms with Crippen molar-refractivity contribution >= 4 is 35.0 Å². The zero-order valence-corrected chi connectivity index (χ0v) is 31.2. The maximum atomic E-state index is 14.0. The molecule has 0 radical (unpaired) electrons. The summed E-state index contributed by atoms with van der Waals surface area (Å²) in [6.45, 7) is 10.5. The van der Waals surface area contributed by atoms with Crippen molar-refractivity contribution < 1.29 is 28.7 Å². The molecule has 0 saturated carbocycles. The van der Waals surface area contributed by atoms with Gasteiger partial charge in [-0.05, 0) is 54.5 Å². The Morgan fingerprint density at radius 1 is 0.940 bits per heavy atom. The van der Waals surface area contributed by atoms with Gasteiger partial charge >= 0.3 is 0 Å². The summed E-state index contributed by atoms with van der Waals surface area (Å²) >= 11 is 0. The average Bonchev–Trinajstić information content (AvgIpc) is 3.58. The highest BCUT2D eigenvalue weighted by molar-refractivity contribution is 5.97. The Bertz CT molecular complexity index is 1390. The monoisotopic (exact) mass is 693 g/mol. The summed E-state index contributed by atoms with van der Waals surface area (Å²) < 4.78 is 11.9. The Kier molecular flexibility index (Phi) is 15.7. The molecule has 50 heavy (non-hydrogen) atoms. The second-order valence-electron chi connectivity index (χ2n) is 14.1. The number of anilines is 2. The van der Waals surface area contributed by atoms with Crippen molar-refractivity contribution in [3.8, 4) is 0 Å². The third-order valence-corrected chi connectivity index (χ3v) is 9.98. The van der Waals surface area contributed by atoms with Gasteiger partial charge in [-0.25, -0.2) is 0 Å². The SMILES string of the molecule is CC[C@H](C)[C@@H](C(CC(=O)N1CCCC1C(OC)C(C)C(=O)N[C@@H](Cc1ccccc1)C(=O)Nc1ccc(N)cc1)OC)N(C)C(=O)CC(C)C. The number of benzene rings is 2. The van der Waals surface area contributed by atoms with Gasteiger partial charge in [0.15, 0.2) is 0 Å². The van der Waals surface area contributed by atoms with Gasteiger partial charge in [0.1, 0.15) is 6.04 Å². The summed E-state index contributed by atoms with van der Waals surface area (Å²) in [6, 6.07) is 14.9. The number of hydrogen-bond donors (Lipinski definition) is 3. The number of nitrogen functional groups attached to an aromatic ring is 1. The van der Waals surface area contributed by atoms with Crippen LogP contribution in [0.25, 0.3) is 0 Å². The largest absolute Gasteiger partial charge is 0.399 e. The summed E-state index contributed by atoms with van der Waals surface area (Å²) in [5.41, 5.74) is 7.86. The number of ether oxygens (including phenoxy) is 2. The first-order valence-electron chi connectivity index (χ1n) is 17.9. The number of nitrogens with zero attached hydrogens (tertiary/aromatic N) is 2. The van der Waals surface area contributed by atoms with Gasteiger partial charge in [-0.3, -0.25) is 19.2 Å². The van der Waals surface area contributed by atoms with Gasteiger partial charge in [0.25, 0.3) is 0 Å². The lowest BCUT2D eigenvalue weighted by Crippen LogP contribution is -2.54. The summed E-state index contributed by atoms with van der Waals surface area (Å²) in [7, 11) is 4.95.